The Hall–Kier alpha value is -0.370. The average molecular weight is 229 g/mol. The molecule has 0 radical (unpaired) electrons. The minimum atomic E-state index is 0.0697. The number of carbonyl (C=O) groups is 1. The molecule has 0 heterocycles. The van der Waals surface area contributed by atoms with Gasteiger partial charge in [0.05, 0.1) is 5.92 Å². The van der Waals surface area contributed by atoms with Gasteiger partial charge in [0.15, 0.2) is 0 Å². The standard InChI is InChI=1S/C10H13BrO/c11-8-4-3-7-10(12)9-5-1-2-6-9/h1-2,5-6,9H,3-4,7-8H2. The van der Waals surface area contributed by atoms with Crippen LogP contribution in [0.4, 0.5) is 0 Å². The van der Waals surface area contributed by atoms with Crippen LogP contribution >= 0.6 is 15.9 Å². The van der Waals surface area contributed by atoms with Crippen LogP contribution in [-0.2, 0) is 4.79 Å². The molecule has 1 nitrogen and oxygen atoms in total. The van der Waals surface area contributed by atoms with Crippen LogP contribution in [0.5, 0.6) is 0 Å². The smallest absolute Gasteiger partial charge is 0.143 e. The van der Waals surface area contributed by atoms with Crippen LogP contribution in [0.2, 0.25) is 0 Å². The molecule has 0 saturated heterocycles. The fourth-order valence-electron chi connectivity index (χ4n) is 1.21. The van der Waals surface area contributed by atoms with E-state index >= 15 is 0 Å². The highest BCUT2D eigenvalue weighted by molar-refractivity contribution is 9.09. The molecule has 0 unspecified atom stereocenters. The first-order valence-corrected chi connectivity index (χ1v) is 5.40. The van der Waals surface area contributed by atoms with E-state index in [1.165, 1.54) is 0 Å². The number of alkyl halides is 1. The van der Waals surface area contributed by atoms with Gasteiger partial charge in [-0.05, 0) is 12.8 Å². The van der Waals surface area contributed by atoms with Crippen molar-refractivity contribution in [2.24, 2.45) is 5.92 Å². The van der Waals surface area contributed by atoms with Gasteiger partial charge in [-0.2, -0.15) is 0 Å². The molecule has 0 aromatic heterocycles. The SMILES string of the molecule is O=C(CCCCBr)C1C=CC=C1. The number of hydrogen-bond acceptors (Lipinski definition) is 1. The van der Waals surface area contributed by atoms with Gasteiger partial charge in [0.1, 0.15) is 5.78 Å². The lowest BCUT2D eigenvalue weighted by Gasteiger charge is -2.02. The third kappa shape index (κ3) is 2.94. The van der Waals surface area contributed by atoms with Crippen LogP contribution in [0.25, 0.3) is 0 Å². The lowest BCUT2D eigenvalue weighted by molar-refractivity contribution is -0.120. The van der Waals surface area contributed by atoms with Gasteiger partial charge in [-0.25, -0.2) is 0 Å². The molecule has 2 heteroatoms. The first kappa shape index (κ1) is 9.72. The van der Waals surface area contributed by atoms with Crippen LogP contribution in [0.3, 0.4) is 0 Å². The first-order valence-electron chi connectivity index (χ1n) is 4.28. The van der Waals surface area contributed by atoms with Crippen LogP contribution in [0, 0.1) is 5.92 Å². The monoisotopic (exact) mass is 228 g/mol. The lowest BCUT2D eigenvalue weighted by Crippen LogP contribution is -2.07. The number of halogens is 1. The maximum absolute atomic E-state index is 11.4. The Kier molecular flexibility index (Phi) is 4.30. The number of unbranched alkanes of at least 4 members (excludes halogenated alkanes) is 1. The van der Waals surface area contributed by atoms with E-state index in [9.17, 15) is 4.79 Å². The van der Waals surface area contributed by atoms with E-state index in [1.807, 2.05) is 24.3 Å². The van der Waals surface area contributed by atoms with Crippen molar-refractivity contribution < 1.29 is 4.79 Å². The molecular weight excluding hydrogens is 216 g/mol. The molecule has 0 aromatic carbocycles. The van der Waals surface area contributed by atoms with Crippen molar-refractivity contribution in [2.75, 3.05) is 5.33 Å². The van der Waals surface area contributed by atoms with Gasteiger partial charge < -0.3 is 0 Å². The summed E-state index contributed by atoms with van der Waals surface area (Å²) in [5.41, 5.74) is 0. The maximum atomic E-state index is 11.4. The van der Waals surface area contributed by atoms with Crippen LogP contribution in [0.15, 0.2) is 24.3 Å². The molecule has 0 N–H and O–H groups in total. The van der Waals surface area contributed by atoms with Gasteiger partial charge in [-0.1, -0.05) is 40.2 Å². The molecule has 66 valence electrons. The highest BCUT2D eigenvalue weighted by Gasteiger charge is 2.12. The topological polar surface area (TPSA) is 17.1 Å². The molecule has 1 rings (SSSR count). The van der Waals surface area contributed by atoms with Crippen molar-refractivity contribution >= 4 is 21.7 Å². The van der Waals surface area contributed by atoms with Crippen molar-refractivity contribution in [1.29, 1.82) is 0 Å². The Morgan fingerprint density at radius 1 is 1.25 bits per heavy atom. The summed E-state index contributed by atoms with van der Waals surface area (Å²) in [4.78, 5) is 11.4. The third-order valence-corrected chi connectivity index (χ3v) is 2.49. The fraction of sp³-hybridized carbons (Fsp3) is 0.500. The van der Waals surface area contributed by atoms with E-state index < -0.39 is 0 Å². The summed E-state index contributed by atoms with van der Waals surface area (Å²) in [7, 11) is 0. The zero-order chi connectivity index (χ0) is 8.81. The summed E-state index contributed by atoms with van der Waals surface area (Å²) >= 11 is 3.34. The van der Waals surface area contributed by atoms with E-state index in [2.05, 4.69) is 15.9 Å². The summed E-state index contributed by atoms with van der Waals surface area (Å²) in [6.07, 6.45) is 10.6. The van der Waals surface area contributed by atoms with Gasteiger partial charge in [0, 0.05) is 11.8 Å². The van der Waals surface area contributed by atoms with E-state index in [0.717, 1.165) is 18.2 Å². The van der Waals surface area contributed by atoms with Crippen molar-refractivity contribution in [3.05, 3.63) is 24.3 Å². The van der Waals surface area contributed by atoms with E-state index in [1.54, 1.807) is 0 Å². The molecule has 0 fully saturated rings. The zero-order valence-corrected chi connectivity index (χ0v) is 8.59. The molecule has 0 spiro atoms. The second kappa shape index (κ2) is 5.31. The molecule has 12 heavy (non-hydrogen) atoms. The number of Topliss-reactive ketones (excluding diaryl/α,β-unsaturated/α-hetero) is 1. The second-order valence-electron chi connectivity index (χ2n) is 2.91. The summed E-state index contributed by atoms with van der Waals surface area (Å²) < 4.78 is 0. The number of carbonyl (C=O) groups excluding carboxylic acids is 1. The fourth-order valence-corrected chi connectivity index (χ4v) is 1.60. The summed E-state index contributed by atoms with van der Waals surface area (Å²) in [5.74, 6) is 0.418. The summed E-state index contributed by atoms with van der Waals surface area (Å²) in [6, 6.07) is 0. The molecule has 0 aliphatic heterocycles. The normalized spacial score (nSPS) is 15.8. The number of rotatable bonds is 5. The van der Waals surface area contributed by atoms with E-state index in [-0.39, 0.29) is 5.92 Å². The Morgan fingerprint density at radius 3 is 2.50 bits per heavy atom. The highest BCUT2D eigenvalue weighted by atomic mass is 79.9. The average Bonchev–Trinajstić information content (AvgIpc) is 2.56. The van der Waals surface area contributed by atoms with Crippen molar-refractivity contribution in [3.63, 3.8) is 0 Å². The Balaban J connectivity index is 2.19. The summed E-state index contributed by atoms with van der Waals surface area (Å²) in [6.45, 7) is 0. The number of allylic oxidation sites excluding steroid dienone is 4. The quantitative estimate of drug-likeness (QED) is 0.523. The molecule has 1 aliphatic carbocycles. The number of ketones is 1. The highest BCUT2D eigenvalue weighted by Crippen LogP contribution is 2.13. The van der Waals surface area contributed by atoms with Crippen LogP contribution in [0.1, 0.15) is 19.3 Å². The Labute approximate surface area is 81.7 Å². The molecular formula is C10H13BrO. The minimum Gasteiger partial charge on any atom is -0.299 e. The van der Waals surface area contributed by atoms with Gasteiger partial charge >= 0.3 is 0 Å². The molecule has 0 aromatic rings. The molecule has 0 bridgehead atoms. The number of hydrogen-bond donors (Lipinski definition) is 0. The second-order valence-corrected chi connectivity index (χ2v) is 3.70. The predicted octanol–water partition coefficient (Wildman–Crippen LogP) is 2.86. The Bertz CT molecular complexity index is 194. The van der Waals surface area contributed by atoms with E-state index in [4.69, 9.17) is 0 Å². The Morgan fingerprint density at radius 2 is 1.92 bits per heavy atom. The van der Waals surface area contributed by atoms with Crippen molar-refractivity contribution in [2.45, 2.75) is 19.3 Å². The lowest BCUT2D eigenvalue weighted by atomic mass is 10.0. The van der Waals surface area contributed by atoms with Gasteiger partial charge in [0.25, 0.3) is 0 Å². The maximum Gasteiger partial charge on any atom is 0.143 e. The van der Waals surface area contributed by atoms with Gasteiger partial charge in [0.2, 0.25) is 0 Å². The molecule has 0 saturated carbocycles. The van der Waals surface area contributed by atoms with Gasteiger partial charge in [-0.15, -0.1) is 0 Å². The third-order valence-electron chi connectivity index (χ3n) is 1.93. The molecule has 0 amide bonds. The zero-order valence-electron chi connectivity index (χ0n) is 7.00. The largest absolute Gasteiger partial charge is 0.299 e. The molecule has 0 atom stereocenters. The van der Waals surface area contributed by atoms with Gasteiger partial charge in [-0.3, -0.25) is 4.79 Å². The molecule has 1 aliphatic rings. The van der Waals surface area contributed by atoms with Crippen LogP contribution in [-0.4, -0.2) is 11.1 Å². The van der Waals surface area contributed by atoms with Crippen molar-refractivity contribution in [1.82, 2.24) is 0 Å². The predicted molar refractivity (Wildman–Crippen MR) is 54.4 cm³/mol. The summed E-state index contributed by atoms with van der Waals surface area (Å²) in [5, 5.41) is 0.997. The first-order chi connectivity index (χ1) is 5.84. The van der Waals surface area contributed by atoms with Crippen molar-refractivity contribution in [3.8, 4) is 0 Å². The van der Waals surface area contributed by atoms with Crippen LogP contribution < -0.4 is 0 Å². The minimum absolute atomic E-state index is 0.0697. The van der Waals surface area contributed by atoms with E-state index in [0.29, 0.717) is 12.2 Å².